The van der Waals surface area contributed by atoms with E-state index in [4.69, 9.17) is 14.2 Å². The maximum atomic E-state index is 12.9. The van der Waals surface area contributed by atoms with Gasteiger partial charge in [0, 0.05) is 19.3 Å². The van der Waals surface area contributed by atoms with Gasteiger partial charge in [-0.05, 0) is 64.2 Å². The van der Waals surface area contributed by atoms with Crippen LogP contribution in [-0.4, -0.2) is 37.2 Å². The van der Waals surface area contributed by atoms with Crippen LogP contribution < -0.4 is 0 Å². The first-order valence-corrected chi connectivity index (χ1v) is 31.3. The number of esters is 3. The second-order valence-electron chi connectivity index (χ2n) is 21.3. The van der Waals surface area contributed by atoms with Crippen molar-refractivity contribution < 1.29 is 28.6 Å². The quantitative estimate of drug-likeness (QED) is 0.0261. The molecule has 6 nitrogen and oxygen atoms in total. The molecule has 0 rings (SSSR count). The Morgan fingerprint density at radius 1 is 0.271 bits per heavy atom. The standard InChI is InChI=1S/C64H120O6/c1-4-7-10-13-16-19-22-24-26-28-29-30-31-32-33-34-36-37-39-42-45-48-51-54-57-63(66)69-60-61(59-68-62(65)56-53-50-47-44-41-21-18-15-12-9-6-3)70-64(67)58-55-52-49-46-43-40-38-35-27-25-23-20-17-14-11-8-5-2/h15,18,25,27,61H,4-14,16-17,19-24,26,28-60H2,1-3H3/b18-15-,27-25-. The second kappa shape index (κ2) is 59.5. The van der Waals surface area contributed by atoms with Gasteiger partial charge in [-0.25, -0.2) is 0 Å². The Labute approximate surface area is 436 Å². The van der Waals surface area contributed by atoms with Gasteiger partial charge in [0.05, 0.1) is 0 Å². The topological polar surface area (TPSA) is 78.9 Å². The van der Waals surface area contributed by atoms with Crippen molar-refractivity contribution in [2.24, 2.45) is 0 Å². The fraction of sp³-hybridized carbons (Fsp3) is 0.891. The molecule has 0 aliphatic rings. The highest BCUT2D eigenvalue weighted by Crippen LogP contribution is 2.18. The summed E-state index contributed by atoms with van der Waals surface area (Å²) in [6.45, 7) is 6.65. The first-order valence-electron chi connectivity index (χ1n) is 31.3. The van der Waals surface area contributed by atoms with Gasteiger partial charge in [-0.15, -0.1) is 0 Å². The predicted molar refractivity (Wildman–Crippen MR) is 303 cm³/mol. The summed E-state index contributed by atoms with van der Waals surface area (Å²) >= 11 is 0. The van der Waals surface area contributed by atoms with Crippen LogP contribution in [-0.2, 0) is 28.6 Å². The molecule has 0 bridgehead atoms. The van der Waals surface area contributed by atoms with Gasteiger partial charge in [0.1, 0.15) is 13.2 Å². The molecule has 412 valence electrons. The lowest BCUT2D eigenvalue weighted by Gasteiger charge is -2.18. The summed E-state index contributed by atoms with van der Waals surface area (Å²) in [5, 5.41) is 0. The van der Waals surface area contributed by atoms with Gasteiger partial charge in [0.25, 0.3) is 0 Å². The zero-order valence-corrected chi connectivity index (χ0v) is 47.3. The number of rotatable bonds is 58. The van der Waals surface area contributed by atoms with E-state index in [0.717, 1.165) is 64.2 Å². The molecule has 0 saturated carbocycles. The third-order valence-electron chi connectivity index (χ3n) is 14.2. The Bertz CT molecular complexity index is 1130. The molecule has 0 N–H and O–H groups in total. The summed E-state index contributed by atoms with van der Waals surface area (Å²) in [6, 6.07) is 0. The smallest absolute Gasteiger partial charge is 0.306 e. The number of unbranched alkanes of at least 4 members (excludes halogenated alkanes) is 43. The molecule has 0 fully saturated rings. The molecule has 6 heteroatoms. The average Bonchev–Trinajstić information content (AvgIpc) is 3.36. The highest BCUT2D eigenvalue weighted by Gasteiger charge is 2.19. The van der Waals surface area contributed by atoms with E-state index < -0.39 is 6.10 Å². The highest BCUT2D eigenvalue weighted by atomic mass is 16.6. The molecule has 0 aromatic rings. The van der Waals surface area contributed by atoms with Crippen LogP contribution in [0.15, 0.2) is 24.3 Å². The molecule has 1 atom stereocenters. The maximum Gasteiger partial charge on any atom is 0.306 e. The van der Waals surface area contributed by atoms with E-state index in [1.54, 1.807) is 0 Å². The molecule has 0 aromatic heterocycles. The normalized spacial score (nSPS) is 12.1. The molecule has 0 heterocycles. The number of hydrogen-bond donors (Lipinski definition) is 0. The summed E-state index contributed by atoms with van der Waals surface area (Å²) in [5.74, 6) is -0.863. The van der Waals surface area contributed by atoms with Gasteiger partial charge in [-0.3, -0.25) is 14.4 Å². The summed E-state index contributed by atoms with van der Waals surface area (Å²) in [5.41, 5.74) is 0. The van der Waals surface area contributed by atoms with Crippen molar-refractivity contribution >= 4 is 17.9 Å². The van der Waals surface area contributed by atoms with Crippen LogP contribution in [0.3, 0.4) is 0 Å². The first-order chi connectivity index (χ1) is 34.5. The van der Waals surface area contributed by atoms with Gasteiger partial charge in [0.2, 0.25) is 0 Å². The monoisotopic (exact) mass is 985 g/mol. The zero-order valence-electron chi connectivity index (χ0n) is 47.3. The molecule has 0 spiro atoms. The second-order valence-corrected chi connectivity index (χ2v) is 21.3. The Morgan fingerprint density at radius 3 is 0.757 bits per heavy atom. The third kappa shape index (κ3) is 56.8. The number of ether oxygens (including phenoxy) is 3. The Kier molecular flexibility index (Phi) is 57.7. The first kappa shape index (κ1) is 67.9. The van der Waals surface area contributed by atoms with Gasteiger partial charge in [-0.2, -0.15) is 0 Å². The molecule has 0 aliphatic heterocycles. The minimum Gasteiger partial charge on any atom is -0.462 e. The number of carbonyl (C=O) groups excluding carboxylic acids is 3. The van der Waals surface area contributed by atoms with Crippen LogP contribution in [0, 0.1) is 0 Å². The van der Waals surface area contributed by atoms with E-state index >= 15 is 0 Å². The van der Waals surface area contributed by atoms with Crippen molar-refractivity contribution in [2.75, 3.05) is 13.2 Å². The van der Waals surface area contributed by atoms with E-state index in [1.165, 1.54) is 244 Å². The van der Waals surface area contributed by atoms with Crippen LogP contribution >= 0.6 is 0 Å². The van der Waals surface area contributed by atoms with E-state index in [0.29, 0.717) is 19.3 Å². The Balaban J connectivity index is 4.20. The Hall–Kier alpha value is -2.11. The van der Waals surface area contributed by atoms with Crippen molar-refractivity contribution in [1.29, 1.82) is 0 Å². The molecule has 0 radical (unpaired) electrons. The van der Waals surface area contributed by atoms with Crippen molar-refractivity contribution in [2.45, 2.75) is 354 Å². The summed E-state index contributed by atoms with van der Waals surface area (Å²) in [4.78, 5) is 38.2. The summed E-state index contributed by atoms with van der Waals surface area (Å²) in [6.07, 6.45) is 70.5. The lowest BCUT2D eigenvalue weighted by molar-refractivity contribution is -0.167. The zero-order chi connectivity index (χ0) is 50.7. The highest BCUT2D eigenvalue weighted by molar-refractivity contribution is 5.71. The molecule has 0 amide bonds. The number of hydrogen-bond acceptors (Lipinski definition) is 6. The van der Waals surface area contributed by atoms with Crippen molar-refractivity contribution in [1.82, 2.24) is 0 Å². The van der Waals surface area contributed by atoms with Gasteiger partial charge >= 0.3 is 17.9 Å². The lowest BCUT2D eigenvalue weighted by atomic mass is 10.0. The fourth-order valence-corrected chi connectivity index (χ4v) is 9.42. The minimum atomic E-state index is -0.773. The van der Waals surface area contributed by atoms with Crippen molar-refractivity contribution in [3.8, 4) is 0 Å². The maximum absolute atomic E-state index is 12.9. The van der Waals surface area contributed by atoms with Crippen LogP contribution in [0.4, 0.5) is 0 Å². The Morgan fingerprint density at radius 2 is 0.486 bits per heavy atom. The van der Waals surface area contributed by atoms with Crippen LogP contribution in [0.1, 0.15) is 348 Å². The molecular formula is C64H120O6. The largest absolute Gasteiger partial charge is 0.462 e. The van der Waals surface area contributed by atoms with E-state index in [1.807, 2.05) is 0 Å². The van der Waals surface area contributed by atoms with E-state index in [9.17, 15) is 14.4 Å². The molecule has 0 aromatic carbocycles. The molecule has 70 heavy (non-hydrogen) atoms. The summed E-state index contributed by atoms with van der Waals surface area (Å²) < 4.78 is 16.9. The lowest BCUT2D eigenvalue weighted by Crippen LogP contribution is -2.30. The molecular weight excluding hydrogens is 865 g/mol. The average molecular weight is 986 g/mol. The van der Waals surface area contributed by atoms with Crippen molar-refractivity contribution in [3.63, 3.8) is 0 Å². The van der Waals surface area contributed by atoms with Crippen LogP contribution in [0.25, 0.3) is 0 Å². The number of allylic oxidation sites excluding steroid dienone is 4. The van der Waals surface area contributed by atoms with E-state index in [2.05, 4.69) is 45.1 Å². The predicted octanol–water partition coefficient (Wildman–Crippen LogP) is 21.1. The van der Waals surface area contributed by atoms with Gasteiger partial charge < -0.3 is 14.2 Å². The third-order valence-corrected chi connectivity index (χ3v) is 14.2. The molecule has 0 aliphatic carbocycles. The van der Waals surface area contributed by atoms with Crippen molar-refractivity contribution in [3.05, 3.63) is 24.3 Å². The SMILES string of the molecule is CCCC/C=C\CCCCCCCC(=O)OCC(COC(=O)CCCCCCCCCCCCCCCCCCCCCCCCCC)OC(=O)CCCCCCCCC/C=C\CCCCCCCC. The molecule has 0 saturated heterocycles. The van der Waals surface area contributed by atoms with Gasteiger partial charge in [0.15, 0.2) is 6.10 Å². The minimum absolute atomic E-state index is 0.0711. The fourth-order valence-electron chi connectivity index (χ4n) is 9.42. The summed E-state index contributed by atoms with van der Waals surface area (Å²) in [7, 11) is 0. The molecule has 1 unspecified atom stereocenters. The van der Waals surface area contributed by atoms with Crippen LogP contribution in [0.5, 0.6) is 0 Å². The van der Waals surface area contributed by atoms with Gasteiger partial charge in [-0.1, -0.05) is 289 Å². The number of carbonyl (C=O) groups is 3. The van der Waals surface area contributed by atoms with E-state index in [-0.39, 0.29) is 31.1 Å². The van der Waals surface area contributed by atoms with Crippen LogP contribution in [0.2, 0.25) is 0 Å².